The Balaban J connectivity index is 2.09. The van der Waals surface area contributed by atoms with E-state index in [0.717, 1.165) is 37.0 Å². The Labute approximate surface area is 106 Å². The Morgan fingerprint density at radius 2 is 2.19 bits per heavy atom. The lowest BCUT2D eigenvalue weighted by Crippen LogP contribution is -2.02. The van der Waals surface area contributed by atoms with Crippen LogP contribution in [0.3, 0.4) is 0 Å². The van der Waals surface area contributed by atoms with Crippen LogP contribution in [0.1, 0.15) is 26.0 Å². The number of hydrogen-bond donors (Lipinski definition) is 1. The Morgan fingerprint density at radius 1 is 1.44 bits per heavy atom. The summed E-state index contributed by atoms with van der Waals surface area (Å²) >= 11 is 3.33. The summed E-state index contributed by atoms with van der Waals surface area (Å²) in [5, 5.41) is 0.653. The highest BCUT2D eigenvalue weighted by atomic mass is 32.2. The van der Waals surface area contributed by atoms with Crippen molar-refractivity contribution in [3.05, 3.63) is 5.69 Å². The molecule has 0 aliphatic carbocycles. The van der Waals surface area contributed by atoms with Crippen LogP contribution in [0.15, 0.2) is 4.21 Å². The molecule has 92 valence electrons. The molecule has 0 saturated heterocycles. The fourth-order valence-electron chi connectivity index (χ4n) is 1.15. The minimum absolute atomic E-state index is 0.653. The minimum Gasteiger partial charge on any atom is -0.381 e. The van der Waals surface area contributed by atoms with Crippen LogP contribution < -0.4 is 5.73 Å². The summed E-state index contributed by atoms with van der Waals surface area (Å²) in [6, 6.07) is 0. The first kappa shape index (κ1) is 13.8. The molecule has 0 atom stereocenters. The molecular weight excluding hydrogens is 240 g/mol. The Morgan fingerprint density at radius 3 is 2.75 bits per heavy atom. The van der Waals surface area contributed by atoms with E-state index in [4.69, 9.17) is 10.5 Å². The quantitative estimate of drug-likeness (QED) is 0.604. The van der Waals surface area contributed by atoms with Crippen LogP contribution in [-0.2, 0) is 4.74 Å². The molecule has 0 spiro atoms. The summed E-state index contributed by atoms with van der Waals surface area (Å²) in [4.78, 5) is 4.18. The zero-order chi connectivity index (χ0) is 12.0. The van der Waals surface area contributed by atoms with Gasteiger partial charge in [0.1, 0.15) is 0 Å². The minimum atomic E-state index is 0.653. The maximum Gasteiger partial charge on any atom is 0.181 e. The van der Waals surface area contributed by atoms with Crippen LogP contribution in [0.5, 0.6) is 0 Å². The van der Waals surface area contributed by atoms with Crippen molar-refractivity contribution in [1.29, 1.82) is 0 Å². The molecule has 5 heteroatoms. The Kier molecular flexibility index (Phi) is 6.16. The highest BCUT2D eigenvalue weighted by Gasteiger charge is 2.05. The predicted octanol–water partition coefficient (Wildman–Crippen LogP) is 3.19. The maximum atomic E-state index is 5.63. The highest BCUT2D eigenvalue weighted by molar-refractivity contribution is 8.01. The molecule has 0 radical (unpaired) electrons. The van der Waals surface area contributed by atoms with Crippen LogP contribution in [-0.4, -0.2) is 24.0 Å². The number of thiazole rings is 1. The van der Waals surface area contributed by atoms with E-state index in [1.54, 1.807) is 23.1 Å². The average molecular weight is 260 g/mol. The third-order valence-electron chi connectivity index (χ3n) is 2.07. The molecule has 0 aromatic carbocycles. The molecule has 0 saturated carbocycles. The van der Waals surface area contributed by atoms with Gasteiger partial charge in [-0.15, -0.1) is 11.8 Å². The molecule has 1 aromatic heterocycles. The lowest BCUT2D eigenvalue weighted by atomic mass is 10.1. The molecule has 0 bridgehead atoms. The van der Waals surface area contributed by atoms with Crippen molar-refractivity contribution in [3.63, 3.8) is 0 Å². The standard InChI is InChI=1S/C11H20N2OS2/c1-8(2)4-5-14-6-7-15-10-9(3)13-11(12)16-10/h8H,4-7H2,1-3H3,(H2,12,13). The number of thioether (sulfide) groups is 1. The lowest BCUT2D eigenvalue weighted by molar-refractivity contribution is 0.138. The van der Waals surface area contributed by atoms with Gasteiger partial charge in [0.25, 0.3) is 0 Å². The first-order valence-corrected chi connectivity index (χ1v) is 7.33. The Bertz CT molecular complexity index is 313. The van der Waals surface area contributed by atoms with Crippen molar-refractivity contribution >= 4 is 28.2 Å². The molecular formula is C11H20N2OS2. The maximum absolute atomic E-state index is 5.63. The normalized spacial score (nSPS) is 11.2. The van der Waals surface area contributed by atoms with E-state index in [2.05, 4.69) is 18.8 Å². The second-order valence-corrected chi connectivity index (χ2v) is 6.46. The molecule has 0 amide bonds. The first-order chi connectivity index (χ1) is 7.59. The second kappa shape index (κ2) is 7.14. The van der Waals surface area contributed by atoms with Crippen molar-refractivity contribution < 1.29 is 4.74 Å². The first-order valence-electron chi connectivity index (χ1n) is 5.53. The topological polar surface area (TPSA) is 48.1 Å². The van der Waals surface area contributed by atoms with Crippen molar-refractivity contribution in [2.75, 3.05) is 24.7 Å². The van der Waals surface area contributed by atoms with Gasteiger partial charge in [-0.25, -0.2) is 4.98 Å². The van der Waals surface area contributed by atoms with Gasteiger partial charge in [-0.3, -0.25) is 0 Å². The molecule has 1 heterocycles. The van der Waals surface area contributed by atoms with Gasteiger partial charge in [0.15, 0.2) is 5.13 Å². The summed E-state index contributed by atoms with van der Waals surface area (Å²) < 4.78 is 6.76. The summed E-state index contributed by atoms with van der Waals surface area (Å²) in [6.07, 6.45) is 1.14. The summed E-state index contributed by atoms with van der Waals surface area (Å²) in [7, 11) is 0. The molecule has 0 unspecified atom stereocenters. The number of rotatable bonds is 7. The van der Waals surface area contributed by atoms with Crippen LogP contribution in [0, 0.1) is 12.8 Å². The Hall–Kier alpha value is -0.260. The number of aryl methyl sites for hydroxylation is 1. The van der Waals surface area contributed by atoms with E-state index in [1.807, 2.05) is 6.92 Å². The van der Waals surface area contributed by atoms with Crippen molar-refractivity contribution in [3.8, 4) is 0 Å². The van der Waals surface area contributed by atoms with E-state index in [-0.39, 0.29) is 0 Å². The molecule has 1 aromatic rings. The average Bonchev–Trinajstić information content (AvgIpc) is 2.50. The summed E-state index contributed by atoms with van der Waals surface area (Å²) in [6.45, 7) is 8.08. The van der Waals surface area contributed by atoms with Crippen LogP contribution in [0.4, 0.5) is 5.13 Å². The van der Waals surface area contributed by atoms with Gasteiger partial charge < -0.3 is 10.5 Å². The van der Waals surface area contributed by atoms with Crippen molar-refractivity contribution in [2.45, 2.75) is 31.4 Å². The lowest BCUT2D eigenvalue weighted by Gasteiger charge is -2.05. The molecule has 3 nitrogen and oxygen atoms in total. The molecule has 0 aliphatic rings. The molecule has 2 N–H and O–H groups in total. The predicted molar refractivity (Wildman–Crippen MR) is 72.3 cm³/mol. The third-order valence-corrected chi connectivity index (χ3v) is 4.38. The molecule has 1 rings (SSSR count). The van der Waals surface area contributed by atoms with Crippen molar-refractivity contribution in [2.24, 2.45) is 5.92 Å². The van der Waals surface area contributed by atoms with Gasteiger partial charge in [-0.1, -0.05) is 25.2 Å². The third kappa shape index (κ3) is 5.18. The van der Waals surface area contributed by atoms with E-state index in [9.17, 15) is 0 Å². The number of nitrogens with two attached hydrogens (primary N) is 1. The smallest absolute Gasteiger partial charge is 0.181 e. The van der Waals surface area contributed by atoms with Gasteiger partial charge >= 0.3 is 0 Å². The van der Waals surface area contributed by atoms with E-state index >= 15 is 0 Å². The largest absolute Gasteiger partial charge is 0.381 e. The van der Waals surface area contributed by atoms with Gasteiger partial charge in [-0.05, 0) is 19.3 Å². The van der Waals surface area contributed by atoms with Crippen molar-refractivity contribution in [1.82, 2.24) is 4.98 Å². The number of anilines is 1. The zero-order valence-electron chi connectivity index (χ0n) is 10.2. The number of aromatic nitrogens is 1. The fraction of sp³-hybridized carbons (Fsp3) is 0.727. The van der Waals surface area contributed by atoms with Gasteiger partial charge in [-0.2, -0.15) is 0 Å². The van der Waals surface area contributed by atoms with Gasteiger partial charge in [0, 0.05) is 12.4 Å². The highest BCUT2D eigenvalue weighted by Crippen LogP contribution is 2.30. The summed E-state index contributed by atoms with van der Waals surface area (Å²) in [5.41, 5.74) is 6.66. The monoisotopic (exact) mass is 260 g/mol. The molecule has 0 fully saturated rings. The molecule has 16 heavy (non-hydrogen) atoms. The van der Waals surface area contributed by atoms with Crippen LogP contribution >= 0.6 is 23.1 Å². The van der Waals surface area contributed by atoms with Gasteiger partial charge in [0.05, 0.1) is 16.5 Å². The zero-order valence-corrected chi connectivity index (χ0v) is 11.8. The SMILES string of the molecule is Cc1nc(N)sc1SCCOCCC(C)C. The molecule has 0 aliphatic heterocycles. The van der Waals surface area contributed by atoms with E-state index < -0.39 is 0 Å². The number of ether oxygens (including phenoxy) is 1. The van der Waals surface area contributed by atoms with Crippen LogP contribution in [0.25, 0.3) is 0 Å². The van der Waals surface area contributed by atoms with E-state index in [0.29, 0.717) is 5.13 Å². The number of nitrogens with zero attached hydrogens (tertiary/aromatic N) is 1. The number of nitrogen functional groups attached to an aromatic ring is 1. The van der Waals surface area contributed by atoms with E-state index in [1.165, 1.54) is 4.21 Å². The summed E-state index contributed by atoms with van der Waals surface area (Å²) in [5.74, 6) is 1.69. The van der Waals surface area contributed by atoms with Gasteiger partial charge in [0.2, 0.25) is 0 Å². The van der Waals surface area contributed by atoms with Crippen LogP contribution in [0.2, 0.25) is 0 Å². The fourth-order valence-corrected chi connectivity index (χ4v) is 3.10. The second-order valence-electron chi connectivity index (χ2n) is 4.07. The number of hydrogen-bond acceptors (Lipinski definition) is 5.